The average Bonchev–Trinajstić information content (AvgIpc) is 2.65. The molecular weight excluding hydrogens is 406 g/mol. The number of aryl methyl sites for hydroxylation is 2. The van der Waals surface area contributed by atoms with Crippen LogP contribution in [0.4, 0.5) is 11.4 Å². The smallest absolute Gasteiger partial charge is 0.340 e. The number of nitrogens with zero attached hydrogens (tertiary/aromatic N) is 2. The first kappa shape index (κ1) is 22.9. The van der Waals surface area contributed by atoms with Crippen LogP contribution in [0.25, 0.3) is 0 Å². The second-order valence-electron chi connectivity index (χ2n) is 6.80. The fourth-order valence-electron chi connectivity index (χ4n) is 2.90. The second kappa shape index (κ2) is 9.89. The van der Waals surface area contributed by atoms with Gasteiger partial charge < -0.3 is 9.64 Å². The molecule has 0 aliphatic carbocycles. The van der Waals surface area contributed by atoms with Crippen molar-refractivity contribution in [3.8, 4) is 6.07 Å². The third-order valence-corrected chi connectivity index (χ3v) is 4.63. The topological polar surface area (TPSA) is 117 Å². The van der Waals surface area contributed by atoms with Crippen LogP contribution in [0, 0.1) is 25.2 Å². The van der Waals surface area contributed by atoms with Crippen molar-refractivity contribution in [2.75, 3.05) is 29.0 Å². The SMILES string of the molecule is Cc1cc(C)cc(N(CCC#N)C(=O)COC(=O)c2ccccc2NS(C)(=O)=O)c1. The monoisotopic (exact) mass is 429 g/mol. The quantitative estimate of drug-likeness (QED) is 0.645. The molecule has 9 heteroatoms. The molecule has 1 N–H and O–H groups in total. The highest BCUT2D eigenvalue weighted by Gasteiger charge is 2.20. The lowest BCUT2D eigenvalue weighted by Crippen LogP contribution is -2.35. The van der Waals surface area contributed by atoms with E-state index in [1.165, 1.54) is 17.0 Å². The first-order valence-electron chi connectivity index (χ1n) is 9.10. The number of esters is 1. The molecule has 0 radical (unpaired) electrons. The van der Waals surface area contributed by atoms with Crippen LogP contribution in [-0.4, -0.2) is 39.7 Å². The van der Waals surface area contributed by atoms with Crippen LogP contribution >= 0.6 is 0 Å². The van der Waals surface area contributed by atoms with E-state index in [4.69, 9.17) is 10.00 Å². The minimum absolute atomic E-state index is 0.00861. The van der Waals surface area contributed by atoms with Crippen molar-refractivity contribution >= 4 is 33.3 Å². The number of rotatable bonds is 8. The number of carbonyl (C=O) groups excluding carboxylic acids is 2. The maximum absolute atomic E-state index is 12.7. The number of sulfonamides is 1. The Labute approximate surface area is 176 Å². The molecule has 1 amide bonds. The summed E-state index contributed by atoms with van der Waals surface area (Å²) in [6.07, 6.45) is 1.09. The van der Waals surface area contributed by atoms with Gasteiger partial charge in [-0.25, -0.2) is 13.2 Å². The standard InChI is InChI=1S/C21H23N3O5S/c1-15-11-16(2)13-17(12-15)24(10-6-9-22)20(25)14-29-21(26)18-7-4-5-8-19(18)23-30(3,27)28/h4-5,7-8,11-13,23H,6,10,14H2,1-3H3. The highest BCUT2D eigenvalue weighted by atomic mass is 32.2. The van der Waals surface area contributed by atoms with Gasteiger partial charge in [0.2, 0.25) is 10.0 Å². The number of benzene rings is 2. The van der Waals surface area contributed by atoms with E-state index < -0.39 is 28.5 Å². The molecule has 158 valence electrons. The van der Waals surface area contributed by atoms with Crippen LogP contribution in [0.3, 0.4) is 0 Å². The summed E-state index contributed by atoms with van der Waals surface area (Å²) in [4.78, 5) is 26.6. The number of ether oxygens (including phenoxy) is 1. The number of nitriles is 1. The number of para-hydroxylation sites is 1. The van der Waals surface area contributed by atoms with Crippen LogP contribution in [0.15, 0.2) is 42.5 Å². The molecular formula is C21H23N3O5S. The lowest BCUT2D eigenvalue weighted by atomic mass is 10.1. The third-order valence-electron chi connectivity index (χ3n) is 4.04. The highest BCUT2D eigenvalue weighted by molar-refractivity contribution is 7.92. The molecule has 30 heavy (non-hydrogen) atoms. The minimum Gasteiger partial charge on any atom is -0.452 e. The number of anilines is 2. The van der Waals surface area contributed by atoms with Gasteiger partial charge in [0, 0.05) is 12.2 Å². The van der Waals surface area contributed by atoms with E-state index in [1.54, 1.807) is 12.1 Å². The number of amides is 1. The van der Waals surface area contributed by atoms with E-state index in [0.29, 0.717) is 5.69 Å². The van der Waals surface area contributed by atoms with Crippen molar-refractivity contribution in [3.05, 3.63) is 59.2 Å². The maximum atomic E-state index is 12.7. The Morgan fingerprint density at radius 1 is 1.13 bits per heavy atom. The number of carbonyl (C=O) groups is 2. The number of hydrogen-bond acceptors (Lipinski definition) is 6. The zero-order valence-corrected chi connectivity index (χ0v) is 17.8. The molecule has 0 bridgehead atoms. The Hall–Kier alpha value is -3.38. The summed E-state index contributed by atoms with van der Waals surface area (Å²) in [5.41, 5.74) is 2.58. The molecule has 0 atom stereocenters. The molecule has 0 unspecified atom stereocenters. The first-order valence-corrected chi connectivity index (χ1v) is 11.0. The van der Waals surface area contributed by atoms with Crippen molar-refractivity contribution in [1.29, 1.82) is 5.26 Å². The van der Waals surface area contributed by atoms with Crippen molar-refractivity contribution in [3.63, 3.8) is 0 Å². The van der Waals surface area contributed by atoms with Gasteiger partial charge in [0.25, 0.3) is 5.91 Å². The molecule has 0 aliphatic rings. The van der Waals surface area contributed by atoms with Gasteiger partial charge in [0.1, 0.15) is 0 Å². The summed E-state index contributed by atoms with van der Waals surface area (Å²) in [5, 5.41) is 8.91. The zero-order chi connectivity index (χ0) is 22.3. The Morgan fingerprint density at radius 3 is 2.37 bits per heavy atom. The first-order chi connectivity index (χ1) is 14.1. The van der Waals surface area contributed by atoms with Crippen molar-refractivity contribution in [2.24, 2.45) is 0 Å². The fourth-order valence-corrected chi connectivity index (χ4v) is 3.48. The Kier molecular flexibility index (Phi) is 7.55. The molecule has 0 aromatic heterocycles. The van der Waals surface area contributed by atoms with Crippen molar-refractivity contribution < 1.29 is 22.7 Å². The van der Waals surface area contributed by atoms with Gasteiger partial charge in [0.05, 0.1) is 30.0 Å². The predicted molar refractivity (Wildman–Crippen MR) is 114 cm³/mol. The Balaban J connectivity index is 2.17. The average molecular weight is 429 g/mol. The third kappa shape index (κ3) is 6.60. The summed E-state index contributed by atoms with van der Waals surface area (Å²) in [5.74, 6) is -1.33. The Bertz CT molecular complexity index is 1070. The lowest BCUT2D eigenvalue weighted by Gasteiger charge is -2.22. The van der Waals surface area contributed by atoms with Crippen LogP contribution in [-0.2, 0) is 19.6 Å². The van der Waals surface area contributed by atoms with Gasteiger partial charge in [0.15, 0.2) is 6.61 Å². The van der Waals surface area contributed by atoms with E-state index in [-0.39, 0.29) is 24.2 Å². The van der Waals surface area contributed by atoms with E-state index in [1.807, 2.05) is 38.1 Å². The van der Waals surface area contributed by atoms with Crippen LogP contribution in [0.5, 0.6) is 0 Å². The minimum atomic E-state index is -3.60. The normalized spacial score (nSPS) is 10.7. The summed E-state index contributed by atoms with van der Waals surface area (Å²) in [6, 6.07) is 13.5. The van der Waals surface area contributed by atoms with Crippen molar-refractivity contribution in [2.45, 2.75) is 20.3 Å². The molecule has 2 aromatic rings. The highest BCUT2D eigenvalue weighted by Crippen LogP contribution is 2.21. The molecule has 0 heterocycles. The van der Waals surface area contributed by atoms with Gasteiger partial charge in [-0.15, -0.1) is 0 Å². The molecule has 0 saturated carbocycles. The van der Waals surface area contributed by atoms with Gasteiger partial charge in [-0.2, -0.15) is 5.26 Å². The van der Waals surface area contributed by atoms with Crippen LogP contribution in [0.2, 0.25) is 0 Å². The molecule has 2 aromatic carbocycles. The maximum Gasteiger partial charge on any atom is 0.340 e. The molecule has 8 nitrogen and oxygen atoms in total. The summed E-state index contributed by atoms with van der Waals surface area (Å²) in [6.45, 7) is 3.40. The van der Waals surface area contributed by atoms with E-state index >= 15 is 0 Å². The predicted octanol–water partition coefficient (Wildman–Crippen LogP) is 2.78. The van der Waals surface area contributed by atoms with Gasteiger partial charge in [-0.05, 0) is 49.2 Å². The number of nitrogens with one attached hydrogen (secondary N) is 1. The lowest BCUT2D eigenvalue weighted by molar-refractivity contribution is -0.121. The Morgan fingerprint density at radius 2 is 1.77 bits per heavy atom. The zero-order valence-electron chi connectivity index (χ0n) is 17.0. The van der Waals surface area contributed by atoms with E-state index in [2.05, 4.69) is 4.72 Å². The van der Waals surface area contributed by atoms with E-state index in [9.17, 15) is 18.0 Å². The van der Waals surface area contributed by atoms with Crippen molar-refractivity contribution in [1.82, 2.24) is 0 Å². The largest absolute Gasteiger partial charge is 0.452 e. The number of hydrogen-bond donors (Lipinski definition) is 1. The summed E-state index contributed by atoms with van der Waals surface area (Å²) < 4.78 is 30.4. The van der Waals surface area contributed by atoms with Gasteiger partial charge in [-0.3, -0.25) is 9.52 Å². The molecule has 2 rings (SSSR count). The van der Waals surface area contributed by atoms with Gasteiger partial charge in [-0.1, -0.05) is 18.2 Å². The molecule has 0 fully saturated rings. The van der Waals surface area contributed by atoms with Crippen LogP contribution in [0.1, 0.15) is 27.9 Å². The van der Waals surface area contributed by atoms with Gasteiger partial charge >= 0.3 is 5.97 Å². The summed E-state index contributed by atoms with van der Waals surface area (Å²) in [7, 11) is -3.60. The van der Waals surface area contributed by atoms with E-state index in [0.717, 1.165) is 17.4 Å². The fraction of sp³-hybridized carbons (Fsp3) is 0.286. The second-order valence-corrected chi connectivity index (χ2v) is 8.54. The molecule has 0 spiro atoms. The van der Waals surface area contributed by atoms with Crippen LogP contribution < -0.4 is 9.62 Å². The molecule has 0 saturated heterocycles. The summed E-state index contributed by atoms with van der Waals surface area (Å²) >= 11 is 0. The molecule has 0 aliphatic heterocycles.